The second-order valence-corrected chi connectivity index (χ2v) is 6.62. The summed E-state index contributed by atoms with van der Waals surface area (Å²) in [7, 11) is 0. The first-order valence-corrected chi connectivity index (χ1v) is 8.59. The van der Waals surface area contributed by atoms with Crippen LogP contribution in [0.5, 0.6) is 0 Å². The summed E-state index contributed by atoms with van der Waals surface area (Å²) in [6.07, 6.45) is 4.56. The lowest BCUT2D eigenvalue weighted by atomic mass is 10.1. The van der Waals surface area contributed by atoms with E-state index in [2.05, 4.69) is 14.9 Å². The van der Waals surface area contributed by atoms with Gasteiger partial charge in [-0.1, -0.05) is 17.7 Å². The number of hydrogen-bond donors (Lipinski definition) is 1. The van der Waals surface area contributed by atoms with Gasteiger partial charge in [0.1, 0.15) is 5.82 Å². The molecule has 0 amide bonds. The molecule has 5 nitrogen and oxygen atoms in total. The molecule has 0 fully saturated rings. The Kier molecular flexibility index (Phi) is 4.34. The first-order chi connectivity index (χ1) is 12.2. The quantitative estimate of drug-likeness (QED) is 0.783. The maximum Gasteiger partial charge on any atom is 0.159 e. The highest BCUT2D eigenvalue weighted by Gasteiger charge is 2.19. The Morgan fingerprint density at radius 3 is 2.76 bits per heavy atom. The van der Waals surface area contributed by atoms with Gasteiger partial charge in [-0.25, -0.2) is 15.0 Å². The van der Waals surface area contributed by atoms with E-state index < -0.39 is 0 Å². The number of anilines is 1. The van der Waals surface area contributed by atoms with Gasteiger partial charge in [0.05, 0.1) is 5.69 Å². The van der Waals surface area contributed by atoms with Crippen LogP contribution < -0.4 is 5.73 Å². The molecule has 0 radical (unpaired) electrons. The van der Waals surface area contributed by atoms with Gasteiger partial charge in [0, 0.05) is 60.2 Å². The number of halogens is 1. The van der Waals surface area contributed by atoms with Crippen LogP contribution in [-0.4, -0.2) is 26.4 Å². The lowest BCUT2D eigenvalue weighted by Crippen LogP contribution is -2.31. The van der Waals surface area contributed by atoms with Gasteiger partial charge in [0.15, 0.2) is 5.82 Å². The molecule has 3 aromatic rings. The molecule has 2 aromatic heterocycles. The summed E-state index contributed by atoms with van der Waals surface area (Å²) in [5.74, 6) is 1.35. The smallest absolute Gasteiger partial charge is 0.159 e. The lowest BCUT2D eigenvalue weighted by molar-refractivity contribution is 0.243. The predicted molar refractivity (Wildman–Crippen MR) is 98.9 cm³/mol. The van der Waals surface area contributed by atoms with Crippen molar-refractivity contribution in [2.24, 2.45) is 0 Å². The monoisotopic (exact) mass is 351 g/mol. The van der Waals surface area contributed by atoms with Crippen LogP contribution in [-0.2, 0) is 19.5 Å². The Hall–Kier alpha value is -2.50. The van der Waals surface area contributed by atoms with Crippen molar-refractivity contribution < 1.29 is 0 Å². The average molecular weight is 352 g/mol. The number of rotatable bonds is 3. The van der Waals surface area contributed by atoms with E-state index in [9.17, 15) is 0 Å². The van der Waals surface area contributed by atoms with E-state index >= 15 is 0 Å². The molecular formula is C19H18ClN5. The second-order valence-electron chi connectivity index (χ2n) is 6.18. The van der Waals surface area contributed by atoms with Crippen LogP contribution in [0, 0.1) is 0 Å². The van der Waals surface area contributed by atoms with E-state index in [1.165, 1.54) is 5.56 Å². The van der Waals surface area contributed by atoms with Crippen LogP contribution in [0.3, 0.4) is 0 Å². The van der Waals surface area contributed by atoms with E-state index in [0.29, 0.717) is 10.8 Å². The minimum absolute atomic E-state index is 0.600. The van der Waals surface area contributed by atoms with Crippen LogP contribution in [0.15, 0.2) is 48.8 Å². The van der Waals surface area contributed by atoms with Crippen LogP contribution >= 0.6 is 11.6 Å². The van der Waals surface area contributed by atoms with Crippen molar-refractivity contribution in [1.82, 2.24) is 19.9 Å². The SMILES string of the molecule is Nc1ncccc1CN1CCc2nc(-c3ccc(Cl)cc3)ncc2C1. The fourth-order valence-corrected chi connectivity index (χ4v) is 3.20. The van der Waals surface area contributed by atoms with Crippen molar-refractivity contribution in [2.45, 2.75) is 19.5 Å². The number of benzene rings is 1. The van der Waals surface area contributed by atoms with Crippen molar-refractivity contribution in [3.63, 3.8) is 0 Å². The Bertz CT molecular complexity index is 895. The van der Waals surface area contributed by atoms with Crippen LogP contribution in [0.25, 0.3) is 11.4 Å². The molecule has 0 spiro atoms. The molecule has 4 rings (SSSR count). The first-order valence-electron chi connectivity index (χ1n) is 8.21. The third-order valence-electron chi connectivity index (χ3n) is 4.44. The van der Waals surface area contributed by atoms with E-state index in [1.54, 1.807) is 6.20 Å². The first kappa shape index (κ1) is 16.0. The Balaban J connectivity index is 1.52. The summed E-state index contributed by atoms with van der Waals surface area (Å²) in [4.78, 5) is 15.8. The molecule has 1 aromatic carbocycles. The van der Waals surface area contributed by atoms with Crippen LogP contribution in [0.2, 0.25) is 5.02 Å². The molecule has 6 heteroatoms. The maximum atomic E-state index is 5.96. The molecule has 2 N–H and O–H groups in total. The van der Waals surface area contributed by atoms with Crippen molar-refractivity contribution in [3.05, 3.63) is 70.6 Å². The number of hydrogen-bond acceptors (Lipinski definition) is 5. The third-order valence-corrected chi connectivity index (χ3v) is 4.69. The molecule has 0 saturated carbocycles. The Morgan fingerprint density at radius 2 is 1.96 bits per heavy atom. The highest BCUT2D eigenvalue weighted by atomic mass is 35.5. The molecule has 0 bridgehead atoms. The fraction of sp³-hybridized carbons (Fsp3) is 0.211. The number of pyridine rings is 1. The van der Waals surface area contributed by atoms with Gasteiger partial charge < -0.3 is 5.73 Å². The van der Waals surface area contributed by atoms with Gasteiger partial charge >= 0.3 is 0 Å². The Morgan fingerprint density at radius 1 is 1.12 bits per heavy atom. The molecular weight excluding hydrogens is 334 g/mol. The second kappa shape index (κ2) is 6.78. The van der Waals surface area contributed by atoms with Gasteiger partial charge in [0.2, 0.25) is 0 Å². The van der Waals surface area contributed by atoms with E-state index in [4.69, 9.17) is 22.3 Å². The molecule has 0 unspecified atom stereocenters. The highest BCUT2D eigenvalue weighted by Crippen LogP contribution is 2.23. The molecule has 25 heavy (non-hydrogen) atoms. The zero-order chi connectivity index (χ0) is 17.2. The van der Waals surface area contributed by atoms with Gasteiger partial charge in [0.25, 0.3) is 0 Å². The third kappa shape index (κ3) is 3.48. The zero-order valence-electron chi connectivity index (χ0n) is 13.7. The Labute approximate surface area is 151 Å². The molecule has 126 valence electrons. The van der Waals surface area contributed by atoms with Crippen molar-refractivity contribution in [2.75, 3.05) is 12.3 Å². The van der Waals surface area contributed by atoms with Gasteiger partial charge in [-0.2, -0.15) is 0 Å². The minimum atomic E-state index is 0.600. The zero-order valence-corrected chi connectivity index (χ0v) is 14.4. The van der Waals surface area contributed by atoms with Crippen molar-refractivity contribution in [3.8, 4) is 11.4 Å². The highest BCUT2D eigenvalue weighted by molar-refractivity contribution is 6.30. The largest absolute Gasteiger partial charge is 0.383 e. The number of nitrogens with two attached hydrogens (primary N) is 1. The molecule has 0 aliphatic carbocycles. The molecule has 1 aliphatic rings. The van der Waals surface area contributed by atoms with Gasteiger partial charge in [-0.05, 0) is 30.3 Å². The maximum absolute atomic E-state index is 5.96. The average Bonchev–Trinajstić information content (AvgIpc) is 2.64. The number of nitrogen functional groups attached to an aromatic ring is 1. The van der Waals surface area contributed by atoms with E-state index in [-0.39, 0.29) is 0 Å². The molecule has 3 heterocycles. The normalized spacial score (nSPS) is 14.3. The number of nitrogens with zero attached hydrogens (tertiary/aromatic N) is 4. The van der Waals surface area contributed by atoms with E-state index in [0.717, 1.165) is 48.7 Å². The van der Waals surface area contributed by atoms with Crippen LogP contribution in [0.4, 0.5) is 5.82 Å². The summed E-state index contributed by atoms with van der Waals surface area (Å²) in [5, 5.41) is 0.715. The molecule has 1 aliphatic heterocycles. The van der Waals surface area contributed by atoms with Gasteiger partial charge in [-0.15, -0.1) is 0 Å². The van der Waals surface area contributed by atoms with Crippen molar-refractivity contribution in [1.29, 1.82) is 0 Å². The molecule has 0 saturated heterocycles. The van der Waals surface area contributed by atoms with Crippen molar-refractivity contribution >= 4 is 17.4 Å². The van der Waals surface area contributed by atoms with Crippen LogP contribution in [0.1, 0.15) is 16.8 Å². The summed E-state index contributed by atoms with van der Waals surface area (Å²) in [6, 6.07) is 11.6. The van der Waals surface area contributed by atoms with E-state index in [1.807, 2.05) is 42.6 Å². The summed E-state index contributed by atoms with van der Waals surface area (Å²) < 4.78 is 0. The topological polar surface area (TPSA) is 67.9 Å². The lowest BCUT2D eigenvalue weighted by Gasteiger charge is -2.28. The number of aromatic nitrogens is 3. The minimum Gasteiger partial charge on any atom is -0.383 e. The van der Waals surface area contributed by atoms with Gasteiger partial charge in [-0.3, -0.25) is 4.90 Å². The number of fused-ring (bicyclic) bond motifs is 1. The summed E-state index contributed by atoms with van der Waals surface area (Å²) in [5.41, 5.74) is 10.3. The fourth-order valence-electron chi connectivity index (χ4n) is 3.07. The summed E-state index contributed by atoms with van der Waals surface area (Å²) >= 11 is 5.95. The summed E-state index contributed by atoms with van der Waals surface area (Å²) in [6.45, 7) is 2.56. The standard InChI is InChI=1S/C19H18ClN5/c20-16-5-3-13(4-6-16)19-23-10-15-12-25(9-7-17(15)24-19)11-14-2-1-8-22-18(14)21/h1-6,8,10H,7,9,11-12H2,(H2,21,22). The molecule has 0 atom stereocenters. The predicted octanol–water partition coefficient (Wildman–Crippen LogP) is 3.33.